The molecule has 1 saturated heterocycles. The van der Waals surface area contributed by atoms with Gasteiger partial charge in [-0.1, -0.05) is 11.6 Å². The quantitative estimate of drug-likeness (QED) is 0.870. The van der Waals surface area contributed by atoms with E-state index < -0.39 is 10.0 Å². The van der Waals surface area contributed by atoms with Crippen LogP contribution in [0.5, 0.6) is 0 Å². The lowest BCUT2D eigenvalue weighted by molar-refractivity contribution is 0.248. The normalized spacial score (nSPS) is 21.7. The van der Waals surface area contributed by atoms with E-state index in [1.54, 1.807) is 17.3 Å². The second-order valence-corrected chi connectivity index (χ2v) is 6.92. The fourth-order valence-electron chi connectivity index (χ4n) is 2.54. The molecule has 0 aliphatic carbocycles. The average molecular weight is 287 g/mol. The molecule has 1 fully saturated rings. The highest BCUT2D eigenvalue weighted by Crippen LogP contribution is 2.22. The van der Waals surface area contributed by atoms with E-state index in [1.807, 2.05) is 7.05 Å². The highest BCUT2D eigenvalue weighted by atomic mass is 32.2. The molecule has 2 rings (SSSR count). The Morgan fingerprint density at radius 1 is 1.53 bits per heavy atom. The molecule has 1 N–H and O–H groups in total. The molecule has 0 amide bonds. The lowest BCUT2D eigenvalue weighted by Crippen LogP contribution is -2.48. The summed E-state index contributed by atoms with van der Waals surface area (Å²) >= 11 is 0. The van der Waals surface area contributed by atoms with E-state index in [-0.39, 0.29) is 11.8 Å². The zero-order chi connectivity index (χ0) is 13.9. The molecule has 0 radical (unpaired) electrons. The summed E-state index contributed by atoms with van der Waals surface area (Å²) in [4.78, 5) is 0. The van der Waals surface area contributed by atoms with Gasteiger partial charge >= 0.3 is 0 Å². The Morgan fingerprint density at radius 3 is 2.95 bits per heavy atom. The standard InChI is InChI=1S/C12H21N3O3S/c1-10-7-11(14-18-10)9-19(16,17)15-6-4-3-5-12(15)8-13-2/h7,12-13H,3-6,8-9H2,1-2H3. The Kier molecular flexibility index (Phi) is 4.59. The van der Waals surface area contributed by atoms with Gasteiger partial charge in [-0.15, -0.1) is 0 Å². The van der Waals surface area contributed by atoms with Crippen molar-refractivity contribution in [3.63, 3.8) is 0 Å². The van der Waals surface area contributed by atoms with Crippen LogP contribution >= 0.6 is 0 Å². The zero-order valence-corrected chi connectivity index (χ0v) is 12.2. The number of aryl methyl sites for hydroxylation is 1. The minimum Gasteiger partial charge on any atom is -0.361 e. The van der Waals surface area contributed by atoms with Crippen molar-refractivity contribution < 1.29 is 12.9 Å². The molecular weight excluding hydrogens is 266 g/mol. The van der Waals surface area contributed by atoms with Crippen molar-refractivity contribution in [3.05, 3.63) is 17.5 Å². The number of rotatable bonds is 5. The topological polar surface area (TPSA) is 75.4 Å². The molecule has 1 atom stereocenters. The zero-order valence-electron chi connectivity index (χ0n) is 11.4. The second-order valence-electron chi connectivity index (χ2n) is 5.00. The van der Waals surface area contributed by atoms with Gasteiger partial charge in [0, 0.05) is 25.2 Å². The van der Waals surface area contributed by atoms with Crippen LogP contribution in [-0.4, -0.2) is 44.1 Å². The predicted octanol–water partition coefficient (Wildman–Crippen LogP) is 0.887. The number of aromatic nitrogens is 1. The molecule has 1 aromatic rings. The molecule has 0 bridgehead atoms. The molecular formula is C12H21N3O3S. The highest BCUT2D eigenvalue weighted by Gasteiger charge is 2.32. The molecule has 19 heavy (non-hydrogen) atoms. The van der Waals surface area contributed by atoms with Gasteiger partial charge in [-0.25, -0.2) is 8.42 Å². The van der Waals surface area contributed by atoms with Crippen LogP contribution in [0.3, 0.4) is 0 Å². The second kappa shape index (κ2) is 6.02. The number of nitrogens with zero attached hydrogens (tertiary/aromatic N) is 2. The van der Waals surface area contributed by atoms with Gasteiger partial charge in [0.25, 0.3) is 0 Å². The van der Waals surface area contributed by atoms with Crippen molar-refractivity contribution in [2.75, 3.05) is 20.1 Å². The molecule has 1 aliphatic rings. The average Bonchev–Trinajstić information content (AvgIpc) is 2.75. The largest absolute Gasteiger partial charge is 0.361 e. The van der Waals surface area contributed by atoms with Crippen LogP contribution < -0.4 is 5.32 Å². The van der Waals surface area contributed by atoms with Gasteiger partial charge < -0.3 is 9.84 Å². The van der Waals surface area contributed by atoms with Gasteiger partial charge in [-0.3, -0.25) is 0 Å². The Balaban J connectivity index is 2.12. The van der Waals surface area contributed by atoms with Gasteiger partial charge in [-0.2, -0.15) is 4.31 Å². The van der Waals surface area contributed by atoms with Gasteiger partial charge in [0.15, 0.2) is 0 Å². The summed E-state index contributed by atoms with van der Waals surface area (Å²) in [7, 11) is -1.48. The third-order valence-electron chi connectivity index (χ3n) is 3.38. The van der Waals surface area contributed by atoms with Crippen molar-refractivity contribution in [1.82, 2.24) is 14.8 Å². The first-order valence-electron chi connectivity index (χ1n) is 6.59. The van der Waals surface area contributed by atoms with E-state index >= 15 is 0 Å². The summed E-state index contributed by atoms with van der Waals surface area (Å²) in [5.74, 6) is 0.556. The van der Waals surface area contributed by atoms with E-state index in [1.165, 1.54) is 0 Å². The molecule has 0 spiro atoms. The molecule has 1 aromatic heterocycles. The maximum atomic E-state index is 12.5. The van der Waals surface area contributed by atoms with Crippen molar-refractivity contribution in [3.8, 4) is 0 Å². The van der Waals surface area contributed by atoms with E-state index in [4.69, 9.17) is 4.52 Å². The van der Waals surface area contributed by atoms with E-state index in [0.29, 0.717) is 24.5 Å². The van der Waals surface area contributed by atoms with Crippen molar-refractivity contribution >= 4 is 10.0 Å². The van der Waals surface area contributed by atoms with Gasteiger partial charge in [-0.05, 0) is 26.8 Å². The van der Waals surface area contributed by atoms with E-state index in [0.717, 1.165) is 19.3 Å². The van der Waals surface area contributed by atoms with Crippen molar-refractivity contribution in [2.24, 2.45) is 0 Å². The Bertz CT molecular complexity index is 510. The van der Waals surface area contributed by atoms with Gasteiger partial charge in [0.05, 0.1) is 0 Å². The molecule has 6 nitrogen and oxygen atoms in total. The lowest BCUT2D eigenvalue weighted by atomic mass is 10.1. The SMILES string of the molecule is CNCC1CCCCN1S(=O)(=O)Cc1cc(C)on1. The third-order valence-corrected chi connectivity index (χ3v) is 5.23. The van der Waals surface area contributed by atoms with Crippen molar-refractivity contribution in [2.45, 2.75) is 38.0 Å². The highest BCUT2D eigenvalue weighted by molar-refractivity contribution is 7.88. The number of piperidine rings is 1. The summed E-state index contributed by atoms with van der Waals surface area (Å²) in [5, 5.41) is 6.84. The smallest absolute Gasteiger partial charge is 0.220 e. The lowest BCUT2D eigenvalue weighted by Gasteiger charge is -2.34. The number of sulfonamides is 1. The van der Waals surface area contributed by atoms with Crippen LogP contribution in [0.15, 0.2) is 10.6 Å². The van der Waals surface area contributed by atoms with Crippen LogP contribution in [0.4, 0.5) is 0 Å². The van der Waals surface area contributed by atoms with Crippen LogP contribution in [-0.2, 0) is 15.8 Å². The monoisotopic (exact) mass is 287 g/mol. The maximum absolute atomic E-state index is 12.5. The number of hydrogen-bond acceptors (Lipinski definition) is 5. The van der Waals surface area contributed by atoms with Crippen molar-refractivity contribution in [1.29, 1.82) is 0 Å². The summed E-state index contributed by atoms with van der Waals surface area (Å²) in [5.41, 5.74) is 0.478. The number of nitrogens with one attached hydrogen (secondary N) is 1. The Labute approximate surface area is 114 Å². The molecule has 7 heteroatoms. The summed E-state index contributed by atoms with van der Waals surface area (Å²) < 4.78 is 31.5. The van der Waals surface area contributed by atoms with Gasteiger partial charge in [0.1, 0.15) is 17.2 Å². The molecule has 1 unspecified atom stereocenters. The first-order chi connectivity index (χ1) is 9.03. The van der Waals surface area contributed by atoms with E-state index in [9.17, 15) is 8.42 Å². The fourth-order valence-corrected chi connectivity index (χ4v) is 4.25. The van der Waals surface area contributed by atoms with Crippen LogP contribution in [0.2, 0.25) is 0 Å². The predicted molar refractivity (Wildman–Crippen MR) is 72.1 cm³/mol. The Morgan fingerprint density at radius 2 is 2.32 bits per heavy atom. The summed E-state index contributed by atoms with van der Waals surface area (Å²) in [6, 6.07) is 1.73. The van der Waals surface area contributed by atoms with Crippen LogP contribution in [0, 0.1) is 6.92 Å². The van der Waals surface area contributed by atoms with Crippen LogP contribution in [0.25, 0.3) is 0 Å². The molecule has 2 heterocycles. The Hall–Kier alpha value is -0.920. The minimum absolute atomic E-state index is 0.0525. The molecule has 0 aromatic carbocycles. The third kappa shape index (κ3) is 3.55. The summed E-state index contributed by atoms with van der Waals surface area (Å²) in [6.45, 7) is 3.05. The van der Waals surface area contributed by atoms with E-state index in [2.05, 4.69) is 10.5 Å². The molecule has 1 aliphatic heterocycles. The molecule has 108 valence electrons. The minimum atomic E-state index is -3.32. The first-order valence-corrected chi connectivity index (χ1v) is 8.20. The maximum Gasteiger partial charge on any atom is 0.220 e. The number of likely N-dealkylation sites (N-methyl/N-ethyl adjacent to an activating group) is 1. The number of hydrogen-bond donors (Lipinski definition) is 1. The fraction of sp³-hybridized carbons (Fsp3) is 0.750. The summed E-state index contributed by atoms with van der Waals surface area (Å²) in [6.07, 6.45) is 2.93. The first kappa shape index (κ1) is 14.5. The molecule has 0 saturated carbocycles. The van der Waals surface area contributed by atoms with Crippen LogP contribution in [0.1, 0.15) is 30.7 Å². The van der Waals surface area contributed by atoms with Gasteiger partial charge in [0.2, 0.25) is 10.0 Å².